The van der Waals surface area contributed by atoms with Gasteiger partial charge in [-0.1, -0.05) is 44.2 Å². The molecule has 0 aliphatic rings. The van der Waals surface area contributed by atoms with E-state index in [1.165, 1.54) is 0 Å². The summed E-state index contributed by atoms with van der Waals surface area (Å²) in [6.07, 6.45) is -6.73. The maximum Gasteiger partial charge on any atom is 0.452 e. The van der Waals surface area contributed by atoms with Gasteiger partial charge in [0.05, 0.1) is 18.9 Å². The molecule has 6 N–H and O–H groups in total. The molecule has 1 unspecified atom stereocenters. The van der Waals surface area contributed by atoms with Crippen LogP contribution in [-0.4, -0.2) is 71.6 Å². The van der Waals surface area contributed by atoms with Crippen LogP contribution in [0.4, 0.5) is 13.2 Å². The first-order chi connectivity index (χ1) is 19.9. The number of nitrogens with two attached hydrogens (primary N) is 1. The number of hydrogen-bond donors (Lipinski definition) is 5. The molecule has 1 rings (SSSR count). The van der Waals surface area contributed by atoms with Gasteiger partial charge in [0, 0.05) is 6.92 Å². The van der Waals surface area contributed by atoms with Crippen molar-refractivity contribution in [2.24, 2.45) is 11.7 Å². The number of primary amides is 1. The summed E-state index contributed by atoms with van der Waals surface area (Å²) in [6.45, 7) is 5.01. The molecule has 0 aliphatic heterocycles. The van der Waals surface area contributed by atoms with Crippen LogP contribution in [0.15, 0.2) is 30.3 Å². The van der Waals surface area contributed by atoms with Gasteiger partial charge in [-0.25, -0.2) is 0 Å². The number of ketones is 1. The van der Waals surface area contributed by atoms with E-state index in [0.717, 1.165) is 13.8 Å². The summed E-state index contributed by atoms with van der Waals surface area (Å²) in [5.41, 5.74) is 5.76. The predicted molar refractivity (Wildman–Crippen MR) is 144 cm³/mol. The molecule has 0 bridgehead atoms. The number of rotatable bonds is 16. The highest BCUT2D eigenvalue weighted by Gasteiger charge is 2.42. The van der Waals surface area contributed by atoms with Crippen molar-refractivity contribution in [3.05, 3.63) is 35.9 Å². The zero-order chi connectivity index (χ0) is 32.9. The molecule has 0 radical (unpaired) electrons. The van der Waals surface area contributed by atoms with Crippen LogP contribution in [0.25, 0.3) is 0 Å². The highest BCUT2D eigenvalue weighted by atomic mass is 19.4. The molecular weight excluding hydrogens is 579 g/mol. The van der Waals surface area contributed by atoms with Crippen molar-refractivity contribution in [2.45, 2.75) is 83.9 Å². The van der Waals surface area contributed by atoms with Crippen molar-refractivity contribution in [1.29, 1.82) is 0 Å². The first kappa shape index (κ1) is 36.5. The van der Waals surface area contributed by atoms with Crippen LogP contribution in [0.5, 0.6) is 0 Å². The molecule has 0 heterocycles. The van der Waals surface area contributed by atoms with Gasteiger partial charge in [0.1, 0.15) is 24.7 Å². The van der Waals surface area contributed by atoms with Crippen LogP contribution < -0.4 is 27.0 Å². The van der Waals surface area contributed by atoms with Crippen molar-refractivity contribution in [1.82, 2.24) is 21.3 Å². The second kappa shape index (κ2) is 16.8. The van der Waals surface area contributed by atoms with Crippen LogP contribution >= 0.6 is 0 Å². The third-order valence-electron chi connectivity index (χ3n) is 5.72. The fraction of sp³-hybridized carbons (Fsp3) is 0.519. The Bertz CT molecular complexity index is 1160. The van der Waals surface area contributed by atoms with Crippen LogP contribution in [0, 0.1) is 5.92 Å². The number of hydrogen-bond acceptors (Lipinski definition) is 8. The van der Waals surface area contributed by atoms with E-state index < -0.39 is 84.5 Å². The first-order valence-corrected chi connectivity index (χ1v) is 13.2. The van der Waals surface area contributed by atoms with E-state index >= 15 is 0 Å². The maximum atomic E-state index is 13.3. The molecule has 0 aliphatic carbocycles. The van der Waals surface area contributed by atoms with Crippen LogP contribution in [0.3, 0.4) is 0 Å². The fourth-order valence-corrected chi connectivity index (χ4v) is 3.70. The Morgan fingerprint density at radius 2 is 1.30 bits per heavy atom. The number of halogens is 3. The van der Waals surface area contributed by atoms with E-state index in [9.17, 15) is 46.7 Å². The molecule has 16 heteroatoms. The largest absolute Gasteiger partial charge is 0.461 e. The molecule has 1 aromatic rings. The minimum atomic E-state index is -5.21. The summed E-state index contributed by atoms with van der Waals surface area (Å²) < 4.78 is 43.6. The molecule has 0 fully saturated rings. The van der Waals surface area contributed by atoms with Gasteiger partial charge in [0.2, 0.25) is 29.5 Å². The lowest BCUT2D eigenvalue weighted by molar-refractivity contribution is -0.173. The van der Waals surface area contributed by atoms with Gasteiger partial charge in [-0.15, -0.1) is 0 Å². The lowest BCUT2D eigenvalue weighted by Gasteiger charge is -2.26. The van der Waals surface area contributed by atoms with Crippen LogP contribution in [-0.2, 0) is 44.9 Å². The average molecular weight is 616 g/mol. The second-order valence-corrected chi connectivity index (χ2v) is 10.1. The van der Waals surface area contributed by atoms with Gasteiger partial charge >= 0.3 is 12.1 Å². The molecule has 43 heavy (non-hydrogen) atoms. The van der Waals surface area contributed by atoms with Gasteiger partial charge in [-0.2, -0.15) is 13.2 Å². The lowest BCUT2D eigenvalue weighted by atomic mass is 10.0. The van der Waals surface area contributed by atoms with Crippen molar-refractivity contribution < 1.29 is 51.5 Å². The topological polar surface area (TPSA) is 203 Å². The number of benzene rings is 1. The Hall–Kier alpha value is -4.50. The van der Waals surface area contributed by atoms with Gasteiger partial charge in [0.25, 0.3) is 5.78 Å². The van der Waals surface area contributed by atoms with Crippen molar-refractivity contribution in [2.75, 3.05) is 0 Å². The molecule has 238 valence electrons. The minimum Gasteiger partial charge on any atom is -0.461 e. The SMILES string of the molecule is CC(=O)N[C@@H](CC(N)=O)C(=O)N[C@@H](CC(=O)OCc1ccccc1)C(=O)N[C@@H](CC(C)C)C(=O)NC(C)C(=O)C(F)(F)F. The predicted octanol–water partition coefficient (Wildman–Crippen LogP) is 0.152. The van der Waals surface area contributed by atoms with E-state index in [0.29, 0.717) is 5.56 Å². The van der Waals surface area contributed by atoms with E-state index in [-0.39, 0.29) is 18.9 Å². The summed E-state index contributed by atoms with van der Waals surface area (Å²) in [7, 11) is 0. The first-order valence-electron chi connectivity index (χ1n) is 13.2. The standard InChI is InChI=1S/C27H36F3N5O8/c1-14(2)10-18(24(40)32-15(3)23(39)27(28,29)30)34-26(42)20(12-22(38)43-13-17-8-6-5-7-9-17)35-25(41)19(11-21(31)37)33-16(4)36/h5-9,14-15,18-20H,10-13H2,1-4H3,(H2,31,37)(H,32,40)(H,33,36)(H,34,42)(H,35,41)/t15?,18-,19-,20-/m0/s1. The van der Waals surface area contributed by atoms with Crippen molar-refractivity contribution >= 4 is 41.3 Å². The molecule has 0 aromatic heterocycles. The third kappa shape index (κ3) is 13.8. The number of nitrogens with one attached hydrogen (secondary N) is 4. The zero-order valence-electron chi connectivity index (χ0n) is 24.1. The monoisotopic (exact) mass is 615 g/mol. The molecule has 0 saturated heterocycles. The van der Waals surface area contributed by atoms with E-state index in [4.69, 9.17) is 10.5 Å². The number of carbonyl (C=O) groups is 7. The molecule has 13 nitrogen and oxygen atoms in total. The van der Waals surface area contributed by atoms with Gasteiger partial charge in [-0.3, -0.25) is 33.6 Å². The average Bonchev–Trinajstić information content (AvgIpc) is 2.89. The minimum absolute atomic E-state index is 0.0974. The number of Topliss-reactive ketones (excluding diaryl/α,β-unsaturated/α-hetero) is 1. The number of carbonyl (C=O) groups excluding carboxylic acids is 7. The smallest absolute Gasteiger partial charge is 0.452 e. The summed E-state index contributed by atoms with van der Waals surface area (Å²) in [5.74, 6) is -8.42. The lowest BCUT2D eigenvalue weighted by Crippen LogP contribution is -2.58. The molecule has 0 saturated carbocycles. The van der Waals surface area contributed by atoms with Gasteiger partial charge in [-0.05, 0) is 24.8 Å². The Kier molecular flexibility index (Phi) is 14.3. The Labute approximate surface area is 245 Å². The number of amides is 5. The van der Waals surface area contributed by atoms with Gasteiger partial charge < -0.3 is 31.7 Å². The Morgan fingerprint density at radius 1 is 0.791 bits per heavy atom. The van der Waals surface area contributed by atoms with Crippen LogP contribution in [0.2, 0.25) is 0 Å². The quantitative estimate of drug-likeness (QED) is 0.162. The summed E-state index contributed by atoms with van der Waals surface area (Å²) in [4.78, 5) is 86.1. The fourth-order valence-electron chi connectivity index (χ4n) is 3.70. The van der Waals surface area contributed by atoms with E-state index in [2.05, 4.69) is 16.0 Å². The summed E-state index contributed by atoms with van der Waals surface area (Å²) in [6, 6.07) is 1.78. The van der Waals surface area contributed by atoms with Crippen LogP contribution in [0.1, 0.15) is 52.5 Å². The molecule has 0 spiro atoms. The highest BCUT2D eigenvalue weighted by molar-refractivity contribution is 5.98. The molecule has 4 atom stereocenters. The molecule has 5 amide bonds. The summed E-state index contributed by atoms with van der Waals surface area (Å²) >= 11 is 0. The number of alkyl halides is 3. The zero-order valence-corrected chi connectivity index (χ0v) is 24.1. The molecule has 1 aromatic carbocycles. The van der Waals surface area contributed by atoms with Crippen molar-refractivity contribution in [3.8, 4) is 0 Å². The second-order valence-electron chi connectivity index (χ2n) is 10.1. The Morgan fingerprint density at radius 3 is 1.79 bits per heavy atom. The highest BCUT2D eigenvalue weighted by Crippen LogP contribution is 2.18. The maximum absolute atomic E-state index is 13.3. The third-order valence-corrected chi connectivity index (χ3v) is 5.72. The summed E-state index contributed by atoms with van der Waals surface area (Å²) in [5, 5.41) is 8.63. The van der Waals surface area contributed by atoms with E-state index in [1.807, 2.05) is 5.32 Å². The number of esters is 1. The van der Waals surface area contributed by atoms with E-state index in [1.54, 1.807) is 44.2 Å². The number of ether oxygens (including phenoxy) is 1. The Balaban J connectivity index is 3.20. The normalized spacial score (nSPS) is 14.0. The van der Waals surface area contributed by atoms with Crippen molar-refractivity contribution in [3.63, 3.8) is 0 Å². The molecular formula is C27H36F3N5O8. The van der Waals surface area contributed by atoms with Gasteiger partial charge in [0.15, 0.2) is 0 Å².